The van der Waals surface area contributed by atoms with Gasteiger partial charge in [0.25, 0.3) is 0 Å². The largest absolute Gasteiger partial charge is 0.343 e. The van der Waals surface area contributed by atoms with Gasteiger partial charge in [-0.15, -0.1) is 0 Å². The Bertz CT molecular complexity index is 423. The van der Waals surface area contributed by atoms with E-state index in [-0.39, 0.29) is 11.9 Å². The Balaban J connectivity index is 2.17. The zero-order valence-electron chi connectivity index (χ0n) is 11.8. The Kier molecular flexibility index (Phi) is 4.50. The summed E-state index contributed by atoms with van der Waals surface area (Å²) in [5, 5.41) is 3.12. The molecule has 2 heterocycles. The number of piperazine rings is 1. The number of nitrogens with one attached hydrogen (secondary N) is 1. The van der Waals surface area contributed by atoms with E-state index >= 15 is 0 Å². The highest BCUT2D eigenvalue weighted by atomic mass is 16.2. The van der Waals surface area contributed by atoms with Gasteiger partial charge in [-0.1, -0.05) is 0 Å². The lowest BCUT2D eigenvalue weighted by atomic mass is 10.0. The maximum absolute atomic E-state index is 12.3. The van der Waals surface area contributed by atoms with E-state index in [0.29, 0.717) is 12.6 Å². The van der Waals surface area contributed by atoms with Crippen molar-refractivity contribution in [1.82, 2.24) is 20.1 Å². The van der Waals surface area contributed by atoms with Crippen LogP contribution in [-0.2, 0) is 11.3 Å². The second kappa shape index (κ2) is 6.12. The van der Waals surface area contributed by atoms with Crippen LogP contribution in [0.3, 0.4) is 0 Å². The number of rotatable bonds is 4. The molecule has 0 spiro atoms. The fourth-order valence-electron chi connectivity index (χ4n) is 2.66. The van der Waals surface area contributed by atoms with Crippen molar-refractivity contribution in [3.63, 3.8) is 0 Å². The fraction of sp³-hybridized carbons (Fsp3) is 0.571. The maximum Gasteiger partial charge on any atom is 0.241 e. The average molecular weight is 262 g/mol. The van der Waals surface area contributed by atoms with Crippen molar-refractivity contribution < 1.29 is 4.79 Å². The van der Waals surface area contributed by atoms with Gasteiger partial charge >= 0.3 is 0 Å². The molecule has 104 valence electrons. The third-order valence-corrected chi connectivity index (χ3v) is 3.68. The van der Waals surface area contributed by atoms with E-state index in [9.17, 15) is 4.79 Å². The Morgan fingerprint density at radius 1 is 1.42 bits per heavy atom. The lowest BCUT2D eigenvalue weighted by molar-refractivity contribution is -0.143. The van der Waals surface area contributed by atoms with Gasteiger partial charge in [0, 0.05) is 45.1 Å². The molecule has 1 aromatic heterocycles. The van der Waals surface area contributed by atoms with Crippen LogP contribution in [-0.4, -0.2) is 60.0 Å². The van der Waals surface area contributed by atoms with Crippen LogP contribution < -0.4 is 5.32 Å². The van der Waals surface area contributed by atoms with Crippen LogP contribution in [0, 0.1) is 0 Å². The molecule has 0 radical (unpaired) electrons. The monoisotopic (exact) mass is 262 g/mol. The number of amides is 1. The Morgan fingerprint density at radius 3 is 2.74 bits per heavy atom. The van der Waals surface area contributed by atoms with Gasteiger partial charge in [0.1, 0.15) is 6.04 Å². The number of pyridine rings is 1. The zero-order chi connectivity index (χ0) is 13.8. The summed E-state index contributed by atoms with van der Waals surface area (Å²) in [7, 11) is 3.77. The summed E-state index contributed by atoms with van der Waals surface area (Å²) in [4.78, 5) is 20.4. The molecule has 1 fully saturated rings. The first kappa shape index (κ1) is 14.0. The predicted octanol–water partition coefficient (Wildman–Crippen LogP) is 0.332. The maximum atomic E-state index is 12.3. The fourth-order valence-corrected chi connectivity index (χ4v) is 2.66. The second-order valence-electron chi connectivity index (χ2n) is 5.17. The molecule has 0 bridgehead atoms. The van der Waals surface area contributed by atoms with Gasteiger partial charge in [-0.3, -0.25) is 14.7 Å². The second-order valence-corrected chi connectivity index (χ2v) is 5.17. The summed E-state index contributed by atoms with van der Waals surface area (Å²) in [6, 6.07) is 4.28. The predicted molar refractivity (Wildman–Crippen MR) is 74.6 cm³/mol. The van der Waals surface area contributed by atoms with E-state index in [0.717, 1.165) is 13.1 Å². The van der Waals surface area contributed by atoms with Gasteiger partial charge in [0.2, 0.25) is 5.91 Å². The molecule has 1 amide bonds. The summed E-state index contributed by atoms with van der Waals surface area (Å²) in [5.41, 5.74) is 1.19. The zero-order valence-corrected chi connectivity index (χ0v) is 11.8. The first-order chi connectivity index (χ1) is 9.13. The highest BCUT2D eigenvalue weighted by Gasteiger charge is 2.36. The molecule has 5 nitrogen and oxygen atoms in total. The van der Waals surface area contributed by atoms with E-state index in [1.165, 1.54) is 5.56 Å². The quantitative estimate of drug-likeness (QED) is 0.849. The molecular formula is C14H22N4O. The van der Waals surface area contributed by atoms with E-state index in [1.807, 2.05) is 31.1 Å². The van der Waals surface area contributed by atoms with Crippen molar-refractivity contribution in [2.45, 2.75) is 25.6 Å². The minimum atomic E-state index is -0.0908. The lowest BCUT2D eigenvalue weighted by Gasteiger charge is -2.43. The minimum absolute atomic E-state index is 0.0908. The van der Waals surface area contributed by atoms with Crippen molar-refractivity contribution in [1.29, 1.82) is 0 Å². The van der Waals surface area contributed by atoms with E-state index in [1.54, 1.807) is 12.4 Å². The Hall–Kier alpha value is -1.46. The third kappa shape index (κ3) is 3.11. The molecule has 2 unspecified atom stereocenters. The summed E-state index contributed by atoms with van der Waals surface area (Å²) < 4.78 is 0. The van der Waals surface area contributed by atoms with Crippen LogP contribution in [0.15, 0.2) is 24.5 Å². The molecule has 0 aliphatic carbocycles. The first-order valence-corrected chi connectivity index (χ1v) is 6.67. The van der Waals surface area contributed by atoms with Crippen LogP contribution in [0.1, 0.15) is 12.5 Å². The van der Waals surface area contributed by atoms with Crippen molar-refractivity contribution >= 4 is 5.91 Å². The van der Waals surface area contributed by atoms with Crippen molar-refractivity contribution in [3.8, 4) is 0 Å². The van der Waals surface area contributed by atoms with E-state index < -0.39 is 0 Å². The molecular weight excluding hydrogens is 240 g/mol. The standard InChI is InChI=1S/C14H22N4O/c1-11-9-17(3)14(19)13(8-15-2)18(11)10-12-4-6-16-7-5-12/h4-7,11,13,15H,8-10H2,1-3H3. The first-order valence-electron chi connectivity index (χ1n) is 6.67. The van der Waals surface area contributed by atoms with Crippen molar-refractivity contribution in [3.05, 3.63) is 30.1 Å². The summed E-state index contributed by atoms with van der Waals surface area (Å²) in [6.45, 7) is 4.42. The SMILES string of the molecule is CNCC1C(=O)N(C)CC(C)N1Cc1ccncc1. The summed E-state index contributed by atoms with van der Waals surface area (Å²) in [6.07, 6.45) is 3.59. The van der Waals surface area contributed by atoms with Crippen molar-refractivity contribution in [2.24, 2.45) is 0 Å². The lowest BCUT2D eigenvalue weighted by Crippen LogP contribution is -2.62. The topological polar surface area (TPSA) is 48.5 Å². The van der Waals surface area contributed by atoms with Crippen LogP contribution in [0.5, 0.6) is 0 Å². The number of carbonyl (C=O) groups excluding carboxylic acids is 1. The molecule has 0 saturated carbocycles. The Morgan fingerprint density at radius 2 is 2.11 bits per heavy atom. The molecule has 2 atom stereocenters. The van der Waals surface area contributed by atoms with Crippen LogP contribution in [0.25, 0.3) is 0 Å². The molecule has 19 heavy (non-hydrogen) atoms. The number of aromatic nitrogens is 1. The molecule has 5 heteroatoms. The molecule has 0 aromatic carbocycles. The summed E-state index contributed by atoms with van der Waals surface area (Å²) >= 11 is 0. The van der Waals surface area contributed by atoms with Gasteiger partial charge in [-0.05, 0) is 31.7 Å². The van der Waals surface area contributed by atoms with Gasteiger partial charge in [-0.25, -0.2) is 0 Å². The van der Waals surface area contributed by atoms with Crippen LogP contribution >= 0.6 is 0 Å². The smallest absolute Gasteiger partial charge is 0.241 e. The van der Waals surface area contributed by atoms with Gasteiger partial charge in [0.15, 0.2) is 0 Å². The van der Waals surface area contributed by atoms with Crippen molar-refractivity contribution in [2.75, 3.05) is 27.2 Å². The number of nitrogens with zero attached hydrogens (tertiary/aromatic N) is 3. The highest BCUT2D eigenvalue weighted by Crippen LogP contribution is 2.18. The molecule has 1 aliphatic rings. The summed E-state index contributed by atoms with van der Waals surface area (Å²) in [5.74, 6) is 0.196. The van der Waals surface area contributed by atoms with E-state index in [2.05, 4.69) is 22.1 Å². The average Bonchev–Trinajstić information content (AvgIpc) is 2.41. The molecule has 2 rings (SSSR count). The molecule has 1 N–H and O–H groups in total. The normalized spacial score (nSPS) is 24.8. The minimum Gasteiger partial charge on any atom is -0.343 e. The van der Waals surface area contributed by atoms with Crippen LogP contribution in [0.2, 0.25) is 0 Å². The molecule has 1 saturated heterocycles. The van der Waals surface area contributed by atoms with E-state index in [4.69, 9.17) is 0 Å². The molecule has 1 aliphatic heterocycles. The van der Waals surface area contributed by atoms with Crippen LogP contribution in [0.4, 0.5) is 0 Å². The number of likely N-dealkylation sites (N-methyl/N-ethyl adjacent to an activating group) is 2. The number of hydrogen-bond acceptors (Lipinski definition) is 4. The number of hydrogen-bond donors (Lipinski definition) is 1. The highest BCUT2D eigenvalue weighted by molar-refractivity contribution is 5.82. The molecule has 1 aromatic rings. The van der Waals surface area contributed by atoms with Gasteiger partial charge < -0.3 is 10.2 Å². The number of carbonyl (C=O) groups is 1. The Labute approximate surface area is 114 Å². The van der Waals surface area contributed by atoms with Gasteiger partial charge in [0.05, 0.1) is 0 Å². The third-order valence-electron chi connectivity index (χ3n) is 3.68. The van der Waals surface area contributed by atoms with Gasteiger partial charge in [-0.2, -0.15) is 0 Å².